The highest BCUT2D eigenvalue weighted by atomic mass is 16.5. The van der Waals surface area contributed by atoms with Gasteiger partial charge < -0.3 is 9.13 Å². The summed E-state index contributed by atoms with van der Waals surface area (Å²) in [7, 11) is 1.29. The summed E-state index contributed by atoms with van der Waals surface area (Å²) in [5.74, 6) is 0.901. The Balaban J connectivity index is 1.70. The third kappa shape index (κ3) is 4.16. The number of carbonyl (C=O) groups excluding carboxylic acids is 1. The zero-order valence-electron chi connectivity index (χ0n) is 21.5. The smallest absolute Gasteiger partial charge is 0.295 e. The van der Waals surface area contributed by atoms with E-state index in [1.165, 1.54) is 7.05 Å². The maximum atomic E-state index is 12.5. The van der Waals surface area contributed by atoms with Gasteiger partial charge in [0.15, 0.2) is 11.5 Å². The van der Waals surface area contributed by atoms with Gasteiger partial charge in [-0.15, -0.1) is 5.10 Å². The molecular weight excluding hydrogens is 470 g/mol. The summed E-state index contributed by atoms with van der Waals surface area (Å²) in [5.41, 5.74) is 7.52. The second-order valence-electron chi connectivity index (χ2n) is 8.99. The molecule has 0 atom stereocenters. The van der Waals surface area contributed by atoms with Crippen molar-refractivity contribution < 1.29 is 10.0 Å². The van der Waals surface area contributed by atoms with Gasteiger partial charge in [0.25, 0.3) is 5.91 Å². The van der Waals surface area contributed by atoms with Gasteiger partial charge in [0.2, 0.25) is 0 Å². The van der Waals surface area contributed by atoms with E-state index in [4.69, 9.17) is 4.98 Å². The number of rotatable bonds is 7. The molecule has 0 unspecified atom stereocenters. The number of fused-ring (bicyclic) bond motifs is 1. The van der Waals surface area contributed by atoms with Crippen LogP contribution in [0.25, 0.3) is 33.8 Å². The number of nitrogens with zero attached hydrogens (tertiary/aromatic N) is 8. The minimum Gasteiger partial charge on any atom is -0.345 e. The first-order valence-corrected chi connectivity index (χ1v) is 12.2. The van der Waals surface area contributed by atoms with Crippen LogP contribution in [0, 0.1) is 13.8 Å². The van der Waals surface area contributed by atoms with E-state index in [1.54, 1.807) is 6.07 Å². The maximum absolute atomic E-state index is 12.5. The number of amides is 1. The van der Waals surface area contributed by atoms with Crippen molar-refractivity contribution in [3.05, 3.63) is 64.7 Å². The normalized spacial score (nSPS) is 11.4. The van der Waals surface area contributed by atoms with Crippen LogP contribution in [0.3, 0.4) is 0 Å². The average molecular weight is 500 g/mol. The predicted molar refractivity (Wildman–Crippen MR) is 138 cm³/mol. The summed E-state index contributed by atoms with van der Waals surface area (Å²) >= 11 is 0. The summed E-state index contributed by atoms with van der Waals surface area (Å²) in [6.45, 7) is 9.42. The van der Waals surface area contributed by atoms with Crippen molar-refractivity contribution in [3.8, 4) is 22.6 Å². The fourth-order valence-corrected chi connectivity index (χ4v) is 4.89. The zero-order chi connectivity index (χ0) is 26.3. The first kappa shape index (κ1) is 24.3. The summed E-state index contributed by atoms with van der Waals surface area (Å²) < 4.78 is 4.30. The Morgan fingerprint density at radius 2 is 1.86 bits per heavy atom. The summed E-state index contributed by atoms with van der Waals surface area (Å²) in [6.07, 6.45) is 0.695. The van der Waals surface area contributed by atoms with Crippen LogP contribution in [-0.2, 0) is 19.5 Å². The van der Waals surface area contributed by atoms with Gasteiger partial charge in [0.05, 0.1) is 12.2 Å². The van der Waals surface area contributed by atoms with E-state index >= 15 is 0 Å². The number of H-pyrrole nitrogens is 1. The van der Waals surface area contributed by atoms with Crippen LogP contribution < -0.4 is 0 Å². The Kier molecular flexibility index (Phi) is 6.30. The Bertz CT molecular complexity index is 1600. The molecule has 11 heteroatoms. The molecule has 2 N–H and O–H groups in total. The lowest BCUT2D eigenvalue weighted by Gasteiger charge is -2.16. The zero-order valence-corrected chi connectivity index (χ0v) is 21.5. The molecule has 0 fully saturated rings. The summed E-state index contributed by atoms with van der Waals surface area (Å²) in [4.78, 5) is 22.0. The molecule has 1 aromatic carbocycles. The number of hydroxylamine groups is 2. The van der Waals surface area contributed by atoms with Crippen LogP contribution in [0.4, 0.5) is 0 Å². The van der Waals surface area contributed by atoms with Crippen molar-refractivity contribution in [2.75, 3.05) is 7.05 Å². The van der Waals surface area contributed by atoms with Gasteiger partial charge in [0, 0.05) is 36.8 Å². The molecular formula is C26H29N9O2. The number of carbonyl (C=O) groups is 1. The standard InChI is InChI=1S/C26H29N9O2/c1-6-21-28-22-15(3)12-20(26(36)33(5)37)27-25(22)35(21)14-17-10-8-9-11-18(17)23-19(24-29-31-32-30-24)13-16(4)34(23)7-2/h8-13,37H,6-7,14H2,1-5H3,(H,29,30,31,32). The SMILES string of the molecule is CCc1nc2c(C)cc(C(=O)N(C)O)nc2n1Cc1ccccc1-c1c(-c2nnn[nH]2)cc(C)n1CC. The molecule has 0 aliphatic carbocycles. The van der Waals surface area contributed by atoms with Crippen LogP contribution in [0.5, 0.6) is 0 Å². The minimum atomic E-state index is -0.572. The quantitative estimate of drug-likeness (QED) is 0.257. The molecule has 0 spiro atoms. The minimum absolute atomic E-state index is 0.169. The maximum Gasteiger partial charge on any atom is 0.295 e. The fraction of sp³-hybridized carbons (Fsp3) is 0.308. The highest BCUT2D eigenvalue weighted by Gasteiger charge is 2.23. The van der Waals surface area contributed by atoms with Crippen molar-refractivity contribution in [1.29, 1.82) is 0 Å². The van der Waals surface area contributed by atoms with E-state index in [2.05, 4.69) is 66.8 Å². The second kappa shape index (κ2) is 9.58. The topological polar surface area (TPSA) is 131 Å². The number of nitrogens with one attached hydrogen (secondary N) is 1. The van der Waals surface area contributed by atoms with Crippen LogP contribution in [0.15, 0.2) is 36.4 Å². The molecule has 0 bridgehead atoms. The third-order valence-corrected chi connectivity index (χ3v) is 6.62. The monoisotopic (exact) mass is 499 g/mol. The third-order valence-electron chi connectivity index (χ3n) is 6.62. The van der Waals surface area contributed by atoms with E-state index in [0.717, 1.165) is 51.5 Å². The molecule has 0 saturated carbocycles. The van der Waals surface area contributed by atoms with Crippen molar-refractivity contribution >= 4 is 17.1 Å². The van der Waals surface area contributed by atoms with E-state index in [1.807, 2.05) is 26.0 Å². The number of aryl methyl sites for hydroxylation is 3. The molecule has 5 aromatic rings. The number of aromatic amines is 1. The number of hydrogen-bond donors (Lipinski definition) is 2. The van der Waals surface area contributed by atoms with Crippen molar-refractivity contribution in [1.82, 2.24) is 44.8 Å². The lowest BCUT2D eigenvalue weighted by atomic mass is 10.0. The van der Waals surface area contributed by atoms with Gasteiger partial charge in [-0.3, -0.25) is 10.0 Å². The van der Waals surface area contributed by atoms with E-state index in [-0.39, 0.29) is 5.69 Å². The molecule has 37 heavy (non-hydrogen) atoms. The summed E-state index contributed by atoms with van der Waals surface area (Å²) in [6, 6.07) is 12.0. The number of hydrogen-bond acceptors (Lipinski definition) is 7. The number of pyridine rings is 1. The van der Waals surface area contributed by atoms with Gasteiger partial charge in [-0.25, -0.2) is 20.1 Å². The number of aromatic nitrogens is 8. The number of tetrazole rings is 1. The van der Waals surface area contributed by atoms with Gasteiger partial charge in [0.1, 0.15) is 17.0 Å². The highest BCUT2D eigenvalue weighted by Crippen LogP contribution is 2.36. The highest BCUT2D eigenvalue weighted by molar-refractivity contribution is 5.94. The molecule has 4 heterocycles. The van der Waals surface area contributed by atoms with Gasteiger partial charge in [-0.1, -0.05) is 31.2 Å². The lowest BCUT2D eigenvalue weighted by molar-refractivity contribution is -0.0379. The fourth-order valence-electron chi connectivity index (χ4n) is 4.89. The van der Waals surface area contributed by atoms with E-state index < -0.39 is 5.91 Å². The van der Waals surface area contributed by atoms with Gasteiger partial charge in [-0.2, -0.15) is 0 Å². The second-order valence-corrected chi connectivity index (χ2v) is 8.99. The summed E-state index contributed by atoms with van der Waals surface area (Å²) in [5, 5.41) is 24.9. The molecule has 11 nitrogen and oxygen atoms in total. The molecule has 0 saturated heterocycles. The Morgan fingerprint density at radius 3 is 2.54 bits per heavy atom. The molecule has 5 rings (SSSR count). The first-order chi connectivity index (χ1) is 17.8. The van der Waals surface area contributed by atoms with Crippen LogP contribution >= 0.6 is 0 Å². The van der Waals surface area contributed by atoms with Crippen LogP contribution in [0.1, 0.15) is 47.0 Å². The van der Waals surface area contributed by atoms with Crippen LogP contribution in [-0.4, -0.2) is 63.0 Å². The Labute approximate surface area is 213 Å². The van der Waals surface area contributed by atoms with Crippen LogP contribution in [0.2, 0.25) is 0 Å². The van der Waals surface area contributed by atoms with E-state index in [9.17, 15) is 10.0 Å². The molecule has 190 valence electrons. The number of benzene rings is 1. The molecule has 0 radical (unpaired) electrons. The molecule has 4 aromatic heterocycles. The number of imidazole rings is 1. The molecule has 0 aliphatic heterocycles. The van der Waals surface area contributed by atoms with Crippen molar-refractivity contribution in [2.45, 2.75) is 47.2 Å². The molecule has 1 amide bonds. The van der Waals surface area contributed by atoms with Gasteiger partial charge >= 0.3 is 0 Å². The van der Waals surface area contributed by atoms with Gasteiger partial charge in [-0.05, 0) is 54.5 Å². The predicted octanol–water partition coefficient (Wildman–Crippen LogP) is 3.79. The average Bonchev–Trinajstić information content (AvgIpc) is 3.61. The Hall–Kier alpha value is -4.38. The first-order valence-electron chi connectivity index (χ1n) is 12.2. The molecule has 0 aliphatic rings. The Morgan fingerprint density at radius 1 is 1.08 bits per heavy atom. The van der Waals surface area contributed by atoms with E-state index in [0.29, 0.717) is 29.5 Å². The lowest BCUT2D eigenvalue weighted by Crippen LogP contribution is -2.23. The largest absolute Gasteiger partial charge is 0.345 e. The van der Waals surface area contributed by atoms with Crippen molar-refractivity contribution in [2.24, 2.45) is 0 Å². The van der Waals surface area contributed by atoms with Crippen molar-refractivity contribution in [3.63, 3.8) is 0 Å².